The Kier molecular flexibility index (Phi) is 7.85. The highest BCUT2D eigenvalue weighted by Crippen LogP contribution is 2.40. The Morgan fingerprint density at radius 1 is 0.784 bits per heavy atom. The minimum Gasteiger partial charge on any atom is -0.428 e. The van der Waals surface area contributed by atoms with E-state index in [2.05, 4.69) is 11.7 Å². The third-order valence-electron chi connectivity index (χ3n) is 7.19. The summed E-state index contributed by atoms with van der Waals surface area (Å²) in [4.78, 5) is 0. The summed E-state index contributed by atoms with van der Waals surface area (Å²) in [6, 6.07) is 8.87. The third kappa shape index (κ3) is 5.63. The van der Waals surface area contributed by atoms with E-state index in [1.807, 2.05) is 12.1 Å². The number of ether oxygens (including phenoxy) is 1. The van der Waals surface area contributed by atoms with Crippen molar-refractivity contribution in [3.8, 4) is 16.9 Å². The van der Waals surface area contributed by atoms with Gasteiger partial charge in [-0.2, -0.15) is 8.78 Å². The molecule has 3 aromatic rings. The van der Waals surface area contributed by atoms with Gasteiger partial charge in [0.25, 0.3) is 0 Å². The van der Waals surface area contributed by atoms with Gasteiger partial charge in [0, 0.05) is 11.6 Å². The van der Waals surface area contributed by atoms with Crippen LogP contribution in [0.15, 0.2) is 42.5 Å². The molecule has 1 aliphatic rings. The van der Waals surface area contributed by atoms with Crippen LogP contribution in [0.25, 0.3) is 11.1 Å². The number of halogens is 7. The van der Waals surface area contributed by atoms with Crippen LogP contribution in [0.2, 0.25) is 0 Å². The van der Waals surface area contributed by atoms with Gasteiger partial charge in [-0.15, -0.1) is 0 Å². The summed E-state index contributed by atoms with van der Waals surface area (Å²) >= 11 is 0. The zero-order valence-corrected chi connectivity index (χ0v) is 20.5. The lowest BCUT2D eigenvalue weighted by Gasteiger charge is -2.28. The average Bonchev–Trinajstić information content (AvgIpc) is 2.86. The van der Waals surface area contributed by atoms with E-state index in [1.165, 1.54) is 25.7 Å². The molecule has 0 aromatic heterocycles. The molecule has 0 radical (unpaired) electrons. The van der Waals surface area contributed by atoms with Crippen LogP contribution in [0.1, 0.15) is 68.1 Å². The van der Waals surface area contributed by atoms with Gasteiger partial charge in [0.15, 0.2) is 17.5 Å². The van der Waals surface area contributed by atoms with Gasteiger partial charge in [-0.05, 0) is 73.3 Å². The maximum atomic E-state index is 14.8. The highest BCUT2D eigenvalue weighted by Gasteiger charge is 2.42. The lowest BCUT2D eigenvalue weighted by atomic mass is 9.77. The monoisotopic (exact) mass is 524 g/mol. The fraction of sp³-hybridized carbons (Fsp3) is 0.379. The van der Waals surface area contributed by atoms with Gasteiger partial charge in [-0.25, -0.2) is 22.0 Å². The molecule has 0 amide bonds. The van der Waals surface area contributed by atoms with E-state index in [-0.39, 0.29) is 11.6 Å². The lowest BCUT2D eigenvalue weighted by molar-refractivity contribution is -0.190. The molecule has 3 aromatic carbocycles. The van der Waals surface area contributed by atoms with Gasteiger partial charge < -0.3 is 4.74 Å². The maximum Gasteiger partial charge on any atom is 0.432 e. The minimum absolute atomic E-state index is 0.0443. The van der Waals surface area contributed by atoms with Gasteiger partial charge in [0.1, 0.15) is 22.9 Å². The lowest BCUT2D eigenvalue weighted by Crippen LogP contribution is -2.26. The molecular weight excluding hydrogens is 497 g/mol. The predicted octanol–water partition coefficient (Wildman–Crippen LogP) is 9.56. The van der Waals surface area contributed by atoms with Crippen molar-refractivity contribution in [1.29, 1.82) is 0 Å². The molecule has 1 fully saturated rings. The molecule has 0 N–H and O–H groups in total. The summed E-state index contributed by atoms with van der Waals surface area (Å²) in [5.74, 6) is -8.48. The van der Waals surface area contributed by atoms with E-state index in [1.54, 1.807) is 12.1 Å². The van der Waals surface area contributed by atoms with Gasteiger partial charge in [-0.1, -0.05) is 44.0 Å². The first-order chi connectivity index (χ1) is 17.5. The van der Waals surface area contributed by atoms with E-state index in [9.17, 15) is 30.7 Å². The second-order valence-corrected chi connectivity index (χ2v) is 9.67. The Balaban J connectivity index is 1.55. The van der Waals surface area contributed by atoms with Crippen LogP contribution in [0.5, 0.6) is 5.75 Å². The molecule has 37 heavy (non-hydrogen) atoms. The smallest absolute Gasteiger partial charge is 0.428 e. The molecule has 0 heterocycles. The van der Waals surface area contributed by atoms with Gasteiger partial charge in [0.2, 0.25) is 0 Å². The predicted molar refractivity (Wildman–Crippen MR) is 127 cm³/mol. The first-order valence-corrected chi connectivity index (χ1v) is 12.3. The summed E-state index contributed by atoms with van der Waals surface area (Å²) in [7, 11) is 0. The molecule has 0 bridgehead atoms. The Morgan fingerprint density at radius 2 is 1.38 bits per heavy atom. The number of alkyl halides is 2. The van der Waals surface area contributed by atoms with Crippen molar-refractivity contribution < 1.29 is 35.5 Å². The van der Waals surface area contributed by atoms with Crippen LogP contribution in [-0.4, -0.2) is 0 Å². The highest BCUT2D eigenvalue weighted by atomic mass is 19.3. The molecule has 4 rings (SSSR count). The fourth-order valence-electron chi connectivity index (χ4n) is 5.12. The van der Waals surface area contributed by atoms with Crippen molar-refractivity contribution in [1.82, 2.24) is 0 Å². The SMILES string of the molecule is CCCC1CCC(c2ccc(-c3cc(F)c(C(F)(F)Oc4cc(F)c(F)c(F)c4C)c(F)c3)cc2)CC1. The Bertz CT molecular complexity index is 1240. The minimum atomic E-state index is -4.63. The standard InChI is InChI=1S/C29H27F7O/c1-3-4-17-5-7-18(8-6-17)19-9-11-20(12-10-19)21-13-22(30)26(23(31)14-21)29(35,36)37-25-15-24(32)28(34)27(33)16(25)2/h9-15,17-18H,3-8H2,1-2H3. The Morgan fingerprint density at radius 3 is 1.95 bits per heavy atom. The molecule has 1 nitrogen and oxygen atoms in total. The normalized spacial score (nSPS) is 18.2. The van der Waals surface area contributed by atoms with E-state index in [4.69, 9.17) is 0 Å². The van der Waals surface area contributed by atoms with E-state index in [0.717, 1.165) is 43.4 Å². The molecule has 0 spiro atoms. The topological polar surface area (TPSA) is 9.23 Å². The van der Waals surface area contributed by atoms with Gasteiger partial charge in [0.05, 0.1) is 0 Å². The zero-order chi connectivity index (χ0) is 26.9. The van der Waals surface area contributed by atoms with Crippen LogP contribution in [0.3, 0.4) is 0 Å². The Labute approximate surface area is 211 Å². The van der Waals surface area contributed by atoms with Crippen LogP contribution in [0, 0.1) is 41.9 Å². The van der Waals surface area contributed by atoms with Gasteiger partial charge >= 0.3 is 6.11 Å². The summed E-state index contributed by atoms with van der Waals surface area (Å²) in [5.41, 5.74) is -0.875. The zero-order valence-electron chi connectivity index (χ0n) is 20.5. The van der Waals surface area contributed by atoms with Crippen LogP contribution in [-0.2, 0) is 6.11 Å². The fourth-order valence-corrected chi connectivity index (χ4v) is 5.12. The van der Waals surface area contributed by atoms with E-state index < -0.39 is 52.1 Å². The average molecular weight is 525 g/mol. The summed E-state index contributed by atoms with van der Waals surface area (Å²) in [6.45, 7) is 3.06. The first kappa shape index (κ1) is 27.0. The quantitative estimate of drug-likeness (QED) is 0.221. The van der Waals surface area contributed by atoms with E-state index in [0.29, 0.717) is 11.5 Å². The molecule has 198 valence electrons. The molecule has 0 unspecified atom stereocenters. The first-order valence-electron chi connectivity index (χ1n) is 12.3. The van der Waals surface area contributed by atoms with Crippen LogP contribution in [0.4, 0.5) is 30.7 Å². The molecular formula is C29H27F7O. The molecule has 0 atom stereocenters. The second-order valence-electron chi connectivity index (χ2n) is 9.67. The highest BCUT2D eigenvalue weighted by molar-refractivity contribution is 5.64. The Hall–Kier alpha value is -3.03. The molecule has 0 aliphatic heterocycles. The molecule has 1 aliphatic carbocycles. The number of benzene rings is 3. The van der Waals surface area contributed by atoms with Crippen molar-refractivity contribution in [2.24, 2.45) is 5.92 Å². The van der Waals surface area contributed by atoms with Crippen molar-refractivity contribution in [2.75, 3.05) is 0 Å². The number of rotatable bonds is 7. The van der Waals surface area contributed by atoms with Crippen molar-refractivity contribution >= 4 is 0 Å². The van der Waals surface area contributed by atoms with Crippen molar-refractivity contribution in [3.63, 3.8) is 0 Å². The van der Waals surface area contributed by atoms with Crippen molar-refractivity contribution in [2.45, 2.75) is 64.4 Å². The van der Waals surface area contributed by atoms with E-state index >= 15 is 0 Å². The second kappa shape index (κ2) is 10.8. The van der Waals surface area contributed by atoms with Crippen LogP contribution < -0.4 is 4.74 Å². The largest absolute Gasteiger partial charge is 0.432 e. The molecule has 1 saturated carbocycles. The summed E-state index contributed by atoms with van der Waals surface area (Å²) in [6.07, 6.45) is 2.29. The summed E-state index contributed by atoms with van der Waals surface area (Å²) < 4.78 is 104. The van der Waals surface area contributed by atoms with Crippen molar-refractivity contribution in [3.05, 3.63) is 88.2 Å². The third-order valence-corrected chi connectivity index (χ3v) is 7.19. The van der Waals surface area contributed by atoms with Gasteiger partial charge in [-0.3, -0.25) is 0 Å². The number of hydrogen-bond donors (Lipinski definition) is 0. The van der Waals surface area contributed by atoms with Crippen LogP contribution >= 0.6 is 0 Å². The molecule has 0 saturated heterocycles. The molecule has 8 heteroatoms. The number of hydrogen-bond acceptors (Lipinski definition) is 1. The maximum absolute atomic E-state index is 14.8. The summed E-state index contributed by atoms with van der Waals surface area (Å²) in [5, 5.41) is 0.